The Hall–Kier alpha value is -3.61. The summed E-state index contributed by atoms with van der Waals surface area (Å²) in [5.41, 5.74) is 1.80. The Kier molecular flexibility index (Phi) is 9.79. The van der Waals surface area contributed by atoms with Crippen LogP contribution in [0.3, 0.4) is 0 Å². The SMILES string of the molecule is CC(=O)N/C(=C\c1ccc(Cl)cc1)C(=O)N(c1ccccc1)C(C(=O)NC1CCCCC1)c1ccc(Cl)cc1. The van der Waals surface area contributed by atoms with E-state index in [1.807, 2.05) is 6.07 Å². The molecule has 2 N–H and O–H groups in total. The Morgan fingerprint density at radius 1 is 0.846 bits per heavy atom. The number of hydrogen-bond donors (Lipinski definition) is 2. The number of carbonyl (C=O) groups is 3. The number of anilines is 1. The molecule has 1 saturated carbocycles. The van der Waals surface area contributed by atoms with Gasteiger partial charge in [-0.3, -0.25) is 19.3 Å². The number of rotatable bonds is 8. The molecule has 4 rings (SSSR count). The highest BCUT2D eigenvalue weighted by Crippen LogP contribution is 2.31. The first-order valence-electron chi connectivity index (χ1n) is 13.0. The summed E-state index contributed by atoms with van der Waals surface area (Å²) in [6.45, 7) is 1.34. The van der Waals surface area contributed by atoms with Gasteiger partial charge in [-0.2, -0.15) is 0 Å². The van der Waals surface area contributed by atoms with E-state index in [-0.39, 0.29) is 17.6 Å². The van der Waals surface area contributed by atoms with Crippen LogP contribution in [0.25, 0.3) is 6.08 Å². The maximum atomic E-state index is 14.3. The fraction of sp³-hybridized carbons (Fsp3) is 0.258. The molecule has 39 heavy (non-hydrogen) atoms. The van der Waals surface area contributed by atoms with E-state index in [0.717, 1.165) is 32.1 Å². The van der Waals surface area contributed by atoms with Crippen LogP contribution >= 0.6 is 23.2 Å². The third kappa shape index (κ3) is 7.71. The maximum absolute atomic E-state index is 14.3. The van der Waals surface area contributed by atoms with Gasteiger partial charge >= 0.3 is 0 Å². The molecule has 1 atom stereocenters. The fourth-order valence-corrected chi connectivity index (χ4v) is 5.01. The van der Waals surface area contributed by atoms with Crippen LogP contribution in [0, 0.1) is 0 Å². The average Bonchev–Trinajstić information content (AvgIpc) is 2.93. The van der Waals surface area contributed by atoms with Gasteiger partial charge in [0.1, 0.15) is 11.7 Å². The van der Waals surface area contributed by atoms with E-state index in [1.54, 1.807) is 78.9 Å². The number of nitrogens with zero attached hydrogens (tertiary/aromatic N) is 1. The second-order valence-electron chi connectivity index (χ2n) is 9.60. The van der Waals surface area contributed by atoms with Crippen molar-refractivity contribution in [2.45, 2.75) is 51.1 Å². The van der Waals surface area contributed by atoms with Gasteiger partial charge in [0.15, 0.2) is 0 Å². The van der Waals surface area contributed by atoms with Crippen LogP contribution in [-0.4, -0.2) is 23.8 Å². The Labute approximate surface area is 239 Å². The molecule has 3 amide bonds. The third-order valence-corrected chi connectivity index (χ3v) is 7.12. The number of benzene rings is 3. The van der Waals surface area contributed by atoms with E-state index in [2.05, 4.69) is 10.6 Å². The van der Waals surface area contributed by atoms with Crippen molar-refractivity contribution in [3.8, 4) is 0 Å². The molecule has 1 fully saturated rings. The van der Waals surface area contributed by atoms with Crippen molar-refractivity contribution < 1.29 is 14.4 Å². The van der Waals surface area contributed by atoms with Gasteiger partial charge in [-0.25, -0.2) is 0 Å². The van der Waals surface area contributed by atoms with Crippen molar-refractivity contribution in [3.05, 3.63) is 106 Å². The first kappa shape index (κ1) is 28.4. The van der Waals surface area contributed by atoms with Crippen LogP contribution in [0.4, 0.5) is 5.69 Å². The molecule has 1 aliphatic carbocycles. The molecule has 3 aromatic carbocycles. The van der Waals surface area contributed by atoms with E-state index in [1.165, 1.54) is 11.8 Å². The lowest BCUT2D eigenvalue weighted by Crippen LogP contribution is -2.49. The van der Waals surface area contributed by atoms with E-state index in [4.69, 9.17) is 23.2 Å². The molecule has 0 spiro atoms. The smallest absolute Gasteiger partial charge is 0.275 e. The van der Waals surface area contributed by atoms with E-state index < -0.39 is 17.9 Å². The summed E-state index contributed by atoms with van der Waals surface area (Å²) in [6, 6.07) is 21.8. The molecule has 8 heteroatoms. The monoisotopic (exact) mass is 563 g/mol. The average molecular weight is 565 g/mol. The number of nitrogens with one attached hydrogen (secondary N) is 2. The normalized spacial score (nSPS) is 14.8. The molecule has 1 unspecified atom stereocenters. The van der Waals surface area contributed by atoms with Crippen molar-refractivity contribution in [2.75, 3.05) is 4.90 Å². The lowest BCUT2D eigenvalue weighted by atomic mass is 9.94. The van der Waals surface area contributed by atoms with Crippen LogP contribution < -0.4 is 15.5 Å². The van der Waals surface area contributed by atoms with Crippen LogP contribution in [-0.2, 0) is 14.4 Å². The minimum absolute atomic E-state index is 0.0260. The Balaban J connectivity index is 1.82. The minimum Gasteiger partial charge on any atom is -0.351 e. The summed E-state index contributed by atoms with van der Waals surface area (Å²) in [7, 11) is 0. The van der Waals surface area contributed by atoms with Gasteiger partial charge in [-0.15, -0.1) is 0 Å². The maximum Gasteiger partial charge on any atom is 0.275 e. The van der Waals surface area contributed by atoms with Crippen molar-refractivity contribution in [1.82, 2.24) is 10.6 Å². The summed E-state index contributed by atoms with van der Waals surface area (Å²) in [4.78, 5) is 42.0. The highest BCUT2D eigenvalue weighted by molar-refractivity contribution is 6.30. The summed E-state index contributed by atoms with van der Waals surface area (Å²) in [5, 5.41) is 6.93. The predicted octanol–water partition coefficient (Wildman–Crippen LogP) is 6.69. The molecule has 0 saturated heterocycles. The van der Waals surface area contributed by atoms with Crippen LogP contribution in [0.1, 0.15) is 56.2 Å². The Morgan fingerprint density at radius 3 is 2.03 bits per heavy atom. The van der Waals surface area contributed by atoms with E-state index >= 15 is 0 Å². The number of halogens is 2. The quantitative estimate of drug-likeness (QED) is 0.299. The molecule has 0 radical (unpaired) electrons. The van der Waals surface area contributed by atoms with Gasteiger partial charge in [-0.1, -0.05) is 84.9 Å². The third-order valence-electron chi connectivity index (χ3n) is 6.62. The van der Waals surface area contributed by atoms with Gasteiger partial charge in [0.2, 0.25) is 11.8 Å². The molecule has 0 aromatic heterocycles. The first-order valence-corrected chi connectivity index (χ1v) is 13.8. The first-order chi connectivity index (χ1) is 18.8. The van der Waals surface area contributed by atoms with Gasteiger partial charge in [0.05, 0.1) is 0 Å². The van der Waals surface area contributed by atoms with Crippen molar-refractivity contribution in [1.29, 1.82) is 0 Å². The number of para-hydroxylation sites is 1. The summed E-state index contributed by atoms with van der Waals surface area (Å²) < 4.78 is 0. The lowest BCUT2D eigenvalue weighted by Gasteiger charge is -2.34. The molecular formula is C31H31Cl2N3O3. The lowest BCUT2D eigenvalue weighted by molar-refractivity contribution is -0.126. The minimum atomic E-state index is -1.01. The Bertz CT molecular complexity index is 1320. The molecule has 6 nitrogen and oxygen atoms in total. The van der Waals surface area contributed by atoms with E-state index in [0.29, 0.717) is 26.9 Å². The van der Waals surface area contributed by atoms with Crippen LogP contribution in [0.2, 0.25) is 10.0 Å². The van der Waals surface area contributed by atoms with E-state index in [9.17, 15) is 14.4 Å². The topological polar surface area (TPSA) is 78.5 Å². The standard InChI is InChI=1S/C31H31Cl2N3O3/c1-21(37)34-28(20-22-12-16-24(32)17-13-22)31(39)36(27-10-6-3-7-11-27)29(23-14-18-25(33)19-15-23)30(38)35-26-8-4-2-5-9-26/h3,6-7,10-20,26,29H,2,4-5,8-9H2,1H3,(H,34,37)(H,35,38)/b28-20-. The number of carbonyl (C=O) groups excluding carboxylic acids is 3. The molecule has 1 aliphatic rings. The van der Waals surface area contributed by atoms with Crippen LogP contribution in [0.5, 0.6) is 0 Å². The zero-order valence-corrected chi connectivity index (χ0v) is 23.2. The Morgan fingerprint density at radius 2 is 1.44 bits per heavy atom. The molecule has 0 aliphatic heterocycles. The number of amides is 3. The summed E-state index contributed by atoms with van der Waals surface area (Å²) in [6.07, 6.45) is 6.62. The highest BCUT2D eigenvalue weighted by atomic mass is 35.5. The van der Waals surface area contributed by atoms with Gasteiger partial charge in [-0.05, 0) is 66.4 Å². The van der Waals surface area contributed by atoms with Crippen molar-refractivity contribution >= 4 is 52.7 Å². The number of hydrogen-bond acceptors (Lipinski definition) is 3. The zero-order chi connectivity index (χ0) is 27.8. The summed E-state index contributed by atoms with van der Waals surface area (Å²) >= 11 is 12.2. The van der Waals surface area contributed by atoms with Gasteiger partial charge in [0.25, 0.3) is 5.91 Å². The molecular weight excluding hydrogens is 533 g/mol. The molecule has 3 aromatic rings. The molecule has 202 valence electrons. The van der Waals surface area contributed by atoms with Gasteiger partial charge < -0.3 is 10.6 Å². The highest BCUT2D eigenvalue weighted by Gasteiger charge is 2.35. The fourth-order valence-electron chi connectivity index (χ4n) is 4.76. The van der Waals surface area contributed by atoms with Crippen molar-refractivity contribution in [2.24, 2.45) is 0 Å². The molecule has 0 heterocycles. The van der Waals surface area contributed by atoms with Crippen molar-refractivity contribution in [3.63, 3.8) is 0 Å². The van der Waals surface area contributed by atoms with Gasteiger partial charge in [0, 0.05) is 28.7 Å². The second kappa shape index (κ2) is 13.5. The molecule has 0 bridgehead atoms. The summed E-state index contributed by atoms with van der Waals surface area (Å²) in [5.74, 6) is -1.24. The van der Waals surface area contributed by atoms with Crippen LogP contribution in [0.15, 0.2) is 84.6 Å². The predicted molar refractivity (Wildman–Crippen MR) is 156 cm³/mol. The zero-order valence-electron chi connectivity index (χ0n) is 21.7. The second-order valence-corrected chi connectivity index (χ2v) is 10.5. The largest absolute Gasteiger partial charge is 0.351 e.